The molecule has 3 amide bonds. The molecule has 10 nitrogen and oxygen atoms in total. The summed E-state index contributed by atoms with van der Waals surface area (Å²) in [5.74, 6) is -1.07. The zero-order chi connectivity index (χ0) is 33.5. The number of unbranched alkanes of at least 4 members (excludes halogenated alkanes) is 4. The average molecular weight is 638 g/mol. The van der Waals surface area contributed by atoms with Crippen molar-refractivity contribution in [1.82, 2.24) is 15.5 Å². The number of carbonyl (C=O) groups is 4. The Morgan fingerprint density at radius 2 is 1.61 bits per heavy atom. The smallest absolute Gasteiger partial charge is 0.328 e. The number of amides is 3. The number of likely N-dealkylation sites (tertiary alicyclic amines) is 1. The molecule has 46 heavy (non-hydrogen) atoms. The number of benzene rings is 2. The summed E-state index contributed by atoms with van der Waals surface area (Å²) < 4.78 is 10.8. The minimum Gasteiger partial charge on any atom is -0.489 e. The van der Waals surface area contributed by atoms with Crippen LogP contribution in [0.3, 0.4) is 0 Å². The Hall–Kier alpha value is -3.92. The van der Waals surface area contributed by atoms with Crippen molar-refractivity contribution < 1.29 is 33.8 Å². The van der Waals surface area contributed by atoms with Gasteiger partial charge >= 0.3 is 5.97 Å². The molecule has 3 N–H and O–H groups in total. The molecule has 1 saturated heterocycles. The molecule has 2 aromatic rings. The van der Waals surface area contributed by atoms with Crippen LogP contribution in [0.5, 0.6) is 5.75 Å². The van der Waals surface area contributed by atoms with Gasteiger partial charge in [0.25, 0.3) is 0 Å². The zero-order valence-electron chi connectivity index (χ0n) is 27.7. The minimum atomic E-state index is -0.952. The third-order valence-corrected chi connectivity index (χ3v) is 8.13. The molecule has 0 spiro atoms. The SMILES string of the molecule is CCCCCCCC(=O)N[C@@H](Cc1ccc(OCc2ccccc2)cc1)C(=O)N[C@@H](CC(C)C)C(=O)N1C[C@H](O)C[C@H]1C(=O)OC. The number of aliphatic hydroxyl groups is 1. The Kier molecular flexibility index (Phi) is 15.0. The fourth-order valence-corrected chi connectivity index (χ4v) is 5.65. The van der Waals surface area contributed by atoms with Crippen molar-refractivity contribution in [3.05, 3.63) is 65.7 Å². The van der Waals surface area contributed by atoms with Crippen LogP contribution in [-0.2, 0) is 36.9 Å². The highest BCUT2D eigenvalue weighted by Crippen LogP contribution is 2.22. The van der Waals surface area contributed by atoms with E-state index in [0.717, 1.165) is 43.2 Å². The molecule has 3 rings (SSSR count). The first-order valence-electron chi connectivity index (χ1n) is 16.5. The molecule has 10 heteroatoms. The van der Waals surface area contributed by atoms with E-state index in [9.17, 15) is 24.3 Å². The van der Waals surface area contributed by atoms with E-state index in [4.69, 9.17) is 9.47 Å². The second-order valence-corrected chi connectivity index (χ2v) is 12.5. The van der Waals surface area contributed by atoms with Crippen molar-refractivity contribution in [3.63, 3.8) is 0 Å². The zero-order valence-corrected chi connectivity index (χ0v) is 27.7. The van der Waals surface area contributed by atoms with E-state index in [2.05, 4.69) is 17.6 Å². The maximum atomic E-state index is 13.8. The van der Waals surface area contributed by atoms with Gasteiger partial charge in [0, 0.05) is 25.8 Å². The third kappa shape index (κ3) is 11.8. The first-order chi connectivity index (χ1) is 22.1. The van der Waals surface area contributed by atoms with Crippen LogP contribution in [0.15, 0.2) is 54.6 Å². The van der Waals surface area contributed by atoms with Gasteiger partial charge in [-0.1, -0.05) is 88.9 Å². The fraction of sp³-hybridized carbons (Fsp3) is 0.556. The molecule has 252 valence electrons. The number of aliphatic hydroxyl groups excluding tert-OH is 1. The molecule has 1 aliphatic rings. The molecule has 1 fully saturated rings. The minimum absolute atomic E-state index is 0.0278. The highest BCUT2D eigenvalue weighted by Gasteiger charge is 2.42. The van der Waals surface area contributed by atoms with Crippen LogP contribution < -0.4 is 15.4 Å². The molecule has 1 heterocycles. The molecule has 1 aliphatic heterocycles. The van der Waals surface area contributed by atoms with Gasteiger partial charge in [-0.2, -0.15) is 0 Å². The molecular weight excluding hydrogens is 586 g/mol. The lowest BCUT2D eigenvalue weighted by atomic mass is 10.00. The molecular formula is C36H51N3O7. The van der Waals surface area contributed by atoms with Crippen molar-refractivity contribution in [2.75, 3.05) is 13.7 Å². The number of nitrogens with zero attached hydrogens (tertiary/aromatic N) is 1. The van der Waals surface area contributed by atoms with Crippen LogP contribution in [0.1, 0.15) is 83.3 Å². The molecule has 0 aliphatic carbocycles. The standard InChI is InChI=1S/C36H51N3O7/c1-5-6-7-8-12-15-33(41)37-30(21-26-16-18-29(19-17-26)46-24-27-13-10-9-11-14-27)34(42)38-31(20-25(2)3)35(43)39-23-28(40)22-32(39)36(44)45-4/h9-11,13-14,16-19,25,28,30-32,40H,5-8,12,15,20-24H2,1-4H3,(H,37,41)(H,38,42)/t28-,30+,31+,32+/m1/s1. The molecule has 0 unspecified atom stereocenters. The summed E-state index contributed by atoms with van der Waals surface area (Å²) in [7, 11) is 1.24. The summed E-state index contributed by atoms with van der Waals surface area (Å²) in [6.07, 6.45) is 4.99. The first-order valence-corrected chi connectivity index (χ1v) is 16.5. The summed E-state index contributed by atoms with van der Waals surface area (Å²) in [6.45, 7) is 6.40. The van der Waals surface area contributed by atoms with Gasteiger partial charge in [0.05, 0.1) is 13.2 Å². The van der Waals surface area contributed by atoms with Crippen molar-refractivity contribution >= 4 is 23.7 Å². The number of carbonyl (C=O) groups excluding carboxylic acids is 4. The molecule has 2 aromatic carbocycles. The van der Waals surface area contributed by atoms with Gasteiger partial charge in [-0.05, 0) is 42.0 Å². The number of methoxy groups -OCH3 is 1. The lowest BCUT2D eigenvalue weighted by molar-refractivity contribution is -0.152. The normalized spacial score (nSPS) is 17.3. The molecule has 4 atom stereocenters. The highest BCUT2D eigenvalue weighted by molar-refractivity contribution is 5.94. The first kappa shape index (κ1) is 36.5. The van der Waals surface area contributed by atoms with Crippen LogP contribution in [0.4, 0.5) is 0 Å². The Morgan fingerprint density at radius 3 is 2.26 bits per heavy atom. The number of esters is 1. The lowest BCUT2D eigenvalue weighted by Gasteiger charge is -2.30. The Morgan fingerprint density at radius 1 is 0.913 bits per heavy atom. The number of nitrogens with one attached hydrogen (secondary N) is 2. The van der Waals surface area contributed by atoms with E-state index in [1.165, 1.54) is 12.0 Å². The van der Waals surface area contributed by atoms with Gasteiger partial charge in [-0.3, -0.25) is 14.4 Å². The number of ether oxygens (including phenoxy) is 2. The van der Waals surface area contributed by atoms with Gasteiger partial charge in [0.2, 0.25) is 17.7 Å². The largest absolute Gasteiger partial charge is 0.489 e. The monoisotopic (exact) mass is 637 g/mol. The summed E-state index contributed by atoms with van der Waals surface area (Å²) in [5.41, 5.74) is 1.86. The van der Waals surface area contributed by atoms with Crippen LogP contribution in [0.25, 0.3) is 0 Å². The predicted molar refractivity (Wildman–Crippen MR) is 176 cm³/mol. The Balaban J connectivity index is 1.74. The third-order valence-electron chi connectivity index (χ3n) is 8.13. The van der Waals surface area contributed by atoms with Gasteiger partial charge in [-0.25, -0.2) is 4.79 Å². The predicted octanol–water partition coefficient (Wildman–Crippen LogP) is 4.32. The van der Waals surface area contributed by atoms with Crippen LogP contribution in [0, 0.1) is 5.92 Å². The van der Waals surface area contributed by atoms with Gasteiger partial charge in [-0.15, -0.1) is 0 Å². The Bertz CT molecular complexity index is 1250. The van der Waals surface area contributed by atoms with E-state index in [1.807, 2.05) is 68.4 Å². The lowest BCUT2D eigenvalue weighted by Crippen LogP contribution is -2.56. The quantitative estimate of drug-likeness (QED) is 0.164. The summed E-state index contributed by atoms with van der Waals surface area (Å²) in [4.78, 5) is 54.2. The highest BCUT2D eigenvalue weighted by atomic mass is 16.5. The van der Waals surface area contributed by atoms with Crippen LogP contribution in [0.2, 0.25) is 0 Å². The summed E-state index contributed by atoms with van der Waals surface area (Å²) >= 11 is 0. The molecule has 0 bridgehead atoms. The van der Waals surface area contributed by atoms with E-state index < -0.39 is 42.0 Å². The topological polar surface area (TPSA) is 134 Å². The van der Waals surface area contributed by atoms with Crippen molar-refractivity contribution in [1.29, 1.82) is 0 Å². The van der Waals surface area contributed by atoms with Crippen LogP contribution >= 0.6 is 0 Å². The van der Waals surface area contributed by atoms with Gasteiger partial charge < -0.3 is 30.1 Å². The number of rotatable bonds is 18. The maximum absolute atomic E-state index is 13.8. The number of β-amino-alcohol motifs (C(OH)–C–C–N with tert-alkyl or cyclic N) is 1. The van der Waals surface area contributed by atoms with E-state index in [0.29, 0.717) is 25.2 Å². The summed E-state index contributed by atoms with van der Waals surface area (Å²) in [5, 5.41) is 16.0. The van der Waals surface area contributed by atoms with Crippen molar-refractivity contribution in [3.8, 4) is 5.75 Å². The van der Waals surface area contributed by atoms with Crippen molar-refractivity contribution in [2.24, 2.45) is 5.92 Å². The number of hydrogen-bond acceptors (Lipinski definition) is 7. The number of hydrogen-bond donors (Lipinski definition) is 3. The molecule has 0 saturated carbocycles. The van der Waals surface area contributed by atoms with Crippen LogP contribution in [-0.4, -0.2) is 71.6 Å². The fourth-order valence-electron chi connectivity index (χ4n) is 5.65. The van der Waals surface area contributed by atoms with E-state index in [-0.39, 0.29) is 31.2 Å². The average Bonchev–Trinajstić information content (AvgIpc) is 3.44. The van der Waals surface area contributed by atoms with Crippen molar-refractivity contribution in [2.45, 2.75) is 109 Å². The Labute approximate surface area is 273 Å². The summed E-state index contributed by atoms with van der Waals surface area (Å²) in [6, 6.07) is 14.4. The molecule has 0 radical (unpaired) electrons. The second-order valence-electron chi connectivity index (χ2n) is 12.5. The van der Waals surface area contributed by atoms with Gasteiger partial charge in [0.1, 0.15) is 30.5 Å². The van der Waals surface area contributed by atoms with E-state index >= 15 is 0 Å². The molecule has 0 aromatic heterocycles. The maximum Gasteiger partial charge on any atom is 0.328 e. The second kappa shape index (κ2) is 18.9. The van der Waals surface area contributed by atoms with Gasteiger partial charge in [0.15, 0.2) is 0 Å². The van der Waals surface area contributed by atoms with E-state index in [1.54, 1.807) is 0 Å².